The van der Waals surface area contributed by atoms with Gasteiger partial charge in [-0.05, 0) is 90.4 Å². The van der Waals surface area contributed by atoms with Gasteiger partial charge in [-0.25, -0.2) is 0 Å². The van der Waals surface area contributed by atoms with Gasteiger partial charge in [-0.15, -0.1) is 0 Å². The SMILES string of the molecule is CC12CCC3c4ccc(O)cc4CCC3C1CCC2O.CCC(C)(C)C.[HH]. The summed E-state index contributed by atoms with van der Waals surface area (Å²) in [5.74, 6) is 2.49. The van der Waals surface area contributed by atoms with E-state index in [9.17, 15) is 10.2 Å². The van der Waals surface area contributed by atoms with Gasteiger partial charge in [0.2, 0.25) is 0 Å². The lowest BCUT2D eigenvalue weighted by atomic mass is 9.55. The Morgan fingerprint density at radius 1 is 1.15 bits per heavy atom. The van der Waals surface area contributed by atoms with Gasteiger partial charge in [0, 0.05) is 1.43 Å². The summed E-state index contributed by atoms with van der Waals surface area (Å²) in [4.78, 5) is 0. The summed E-state index contributed by atoms with van der Waals surface area (Å²) in [5, 5.41) is 20.0. The molecule has 2 N–H and O–H groups in total. The number of hydrogen-bond donors (Lipinski definition) is 2. The monoisotopic (exact) mass is 360 g/mol. The van der Waals surface area contributed by atoms with Crippen molar-refractivity contribution in [3.05, 3.63) is 29.3 Å². The van der Waals surface area contributed by atoms with Gasteiger partial charge < -0.3 is 10.2 Å². The minimum atomic E-state index is -0.0883. The number of aliphatic hydroxyl groups is 1. The van der Waals surface area contributed by atoms with Gasteiger partial charge in [-0.2, -0.15) is 0 Å². The molecular formula is C24H40O2. The van der Waals surface area contributed by atoms with Crippen LogP contribution in [0.25, 0.3) is 0 Å². The Balaban J connectivity index is 0.000000329. The van der Waals surface area contributed by atoms with Crippen LogP contribution in [0, 0.1) is 22.7 Å². The molecule has 148 valence electrons. The van der Waals surface area contributed by atoms with Gasteiger partial charge in [-0.3, -0.25) is 0 Å². The summed E-state index contributed by atoms with van der Waals surface area (Å²) >= 11 is 0. The molecule has 26 heavy (non-hydrogen) atoms. The Hall–Kier alpha value is -1.02. The maximum absolute atomic E-state index is 10.4. The largest absolute Gasteiger partial charge is 0.508 e. The van der Waals surface area contributed by atoms with Crippen LogP contribution in [0.3, 0.4) is 0 Å². The van der Waals surface area contributed by atoms with E-state index in [0.29, 0.717) is 23.0 Å². The van der Waals surface area contributed by atoms with Crippen molar-refractivity contribution in [1.29, 1.82) is 0 Å². The third-order valence-electron chi connectivity index (χ3n) is 7.72. The maximum atomic E-state index is 10.4. The lowest BCUT2D eigenvalue weighted by Crippen LogP contribution is -2.43. The molecule has 2 heteroatoms. The van der Waals surface area contributed by atoms with E-state index in [1.54, 1.807) is 0 Å². The number of aromatic hydroxyl groups is 1. The second-order valence-electron chi connectivity index (χ2n) is 10.4. The topological polar surface area (TPSA) is 40.5 Å². The highest BCUT2D eigenvalue weighted by molar-refractivity contribution is 5.40. The van der Waals surface area contributed by atoms with Crippen LogP contribution in [-0.4, -0.2) is 16.3 Å². The molecule has 0 spiro atoms. The highest BCUT2D eigenvalue weighted by Gasteiger charge is 2.54. The third kappa shape index (κ3) is 3.67. The van der Waals surface area contributed by atoms with Gasteiger partial charge in [0.05, 0.1) is 6.10 Å². The highest BCUT2D eigenvalue weighted by atomic mass is 16.3. The summed E-state index contributed by atoms with van der Waals surface area (Å²) < 4.78 is 0. The van der Waals surface area contributed by atoms with Gasteiger partial charge >= 0.3 is 0 Å². The normalized spacial score (nSPS) is 35.6. The molecule has 2 fully saturated rings. The lowest BCUT2D eigenvalue weighted by molar-refractivity contribution is -0.0226. The van der Waals surface area contributed by atoms with E-state index in [1.807, 2.05) is 12.1 Å². The Bertz CT molecular complexity index is 636. The lowest BCUT2D eigenvalue weighted by Gasteiger charge is -2.50. The zero-order chi connectivity index (χ0) is 19.1. The summed E-state index contributed by atoms with van der Waals surface area (Å²) in [6, 6.07) is 5.96. The maximum Gasteiger partial charge on any atom is 0.115 e. The van der Waals surface area contributed by atoms with Crippen LogP contribution >= 0.6 is 0 Å². The molecule has 3 aliphatic rings. The van der Waals surface area contributed by atoms with Gasteiger partial charge in [-0.1, -0.05) is 47.1 Å². The molecule has 0 amide bonds. The standard InChI is InChI=1S/C18H24O2.C6H14.H2/c1-18-9-8-14-13-5-3-12(19)10-11(13)2-4-15(14)16(18)6-7-17(18)20;1-5-6(2,3)4;/h3,5,10,14-17,19-20H,2,4,6-9H2,1H3;5H2,1-4H3;1H. The first-order valence-electron chi connectivity index (χ1n) is 10.7. The Labute approximate surface area is 161 Å². The molecule has 2 saturated carbocycles. The van der Waals surface area contributed by atoms with Crippen LogP contribution in [0.5, 0.6) is 5.75 Å². The molecular weight excluding hydrogens is 320 g/mol. The molecule has 4 rings (SSSR count). The summed E-state index contributed by atoms with van der Waals surface area (Å²) in [7, 11) is 0. The van der Waals surface area contributed by atoms with E-state index < -0.39 is 0 Å². The first kappa shape index (κ1) is 19.7. The molecule has 2 nitrogen and oxygen atoms in total. The zero-order valence-electron chi connectivity index (χ0n) is 17.4. The second-order valence-corrected chi connectivity index (χ2v) is 10.4. The van der Waals surface area contributed by atoms with Crippen molar-refractivity contribution in [2.45, 2.75) is 91.6 Å². The summed E-state index contributed by atoms with van der Waals surface area (Å²) in [6.07, 6.45) is 8.05. The zero-order valence-corrected chi connectivity index (χ0v) is 17.4. The van der Waals surface area contributed by atoms with Crippen molar-refractivity contribution in [3.63, 3.8) is 0 Å². The van der Waals surface area contributed by atoms with Crippen molar-refractivity contribution in [3.8, 4) is 5.75 Å². The fourth-order valence-corrected chi connectivity index (χ4v) is 5.54. The van der Waals surface area contributed by atoms with Crippen LogP contribution in [-0.2, 0) is 6.42 Å². The van der Waals surface area contributed by atoms with Gasteiger partial charge in [0.15, 0.2) is 0 Å². The van der Waals surface area contributed by atoms with Crippen LogP contribution in [0.4, 0.5) is 0 Å². The van der Waals surface area contributed by atoms with E-state index in [0.717, 1.165) is 25.2 Å². The summed E-state index contributed by atoms with van der Waals surface area (Å²) in [5.41, 5.74) is 3.53. The number of fused-ring (bicyclic) bond motifs is 5. The number of aliphatic hydroxyl groups excluding tert-OH is 1. The number of aryl methyl sites for hydroxylation is 1. The quantitative estimate of drug-likeness (QED) is 0.570. The number of phenolic OH excluding ortho intramolecular Hbond substituents is 1. The molecule has 0 aliphatic heterocycles. The van der Waals surface area contributed by atoms with Crippen molar-refractivity contribution in [2.24, 2.45) is 22.7 Å². The van der Waals surface area contributed by atoms with Gasteiger partial charge in [0.25, 0.3) is 0 Å². The van der Waals surface area contributed by atoms with Gasteiger partial charge in [0.1, 0.15) is 5.75 Å². The first-order chi connectivity index (χ1) is 12.2. The predicted octanol–water partition coefficient (Wildman–Crippen LogP) is 6.30. The molecule has 3 aliphatic carbocycles. The highest BCUT2D eigenvalue weighted by Crippen LogP contribution is 2.60. The van der Waals surface area contributed by atoms with E-state index >= 15 is 0 Å². The van der Waals surface area contributed by atoms with Crippen LogP contribution in [0.2, 0.25) is 0 Å². The first-order valence-corrected chi connectivity index (χ1v) is 10.7. The molecule has 5 atom stereocenters. The van der Waals surface area contributed by atoms with Crippen molar-refractivity contribution in [1.82, 2.24) is 0 Å². The van der Waals surface area contributed by atoms with E-state index in [2.05, 4.69) is 40.7 Å². The Morgan fingerprint density at radius 2 is 1.85 bits per heavy atom. The molecule has 1 aromatic carbocycles. The van der Waals surface area contributed by atoms with Crippen molar-refractivity contribution >= 4 is 0 Å². The molecule has 0 aromatic heterocycles. The predicted molar refractivity (Wildman–Crippen MR) is 111 cm³/mol. The summed E-state index contributed by atoms with van der Waals surface area (Å²) in [6.45, 7) is 11.3. The third-order valence-corrected chi connectivity index (χ3v) is 7.72. The molecule has 0 saturated heterocycles. The van der Waals surface area contributed by atoms with Crippen LogP contribution < -0.4 is 0 Å². The van der Waals surface area contributed by atoms with Crippen LogP contribution in [0.1, 0.15) is 91.6 Å². The molecule has 5 unspecified atom stereocenters. The average Bonchev–Trinajstić information content (AvgIpc) is 2.89. The minimum absolute atomic E-state index is 0. The fraction of sp³-hybridized carbons (Fsp3) is 0.750. The van der Waals surface area contributed by atoms with E-state index in [1.165, 1.54) is 36.8 Å². The fourth-order valence-electron chi connectivity index (χ4n) is 5.54. The number of hydrogen-bond acceptors (Lipinski definition) is 2. The minimum Gasteiger partial charge on any atom is -0.508 e. The smallest absolute Gasteiger partial charge is 0.115 e. The van der Waals surface area contributed by atoms with Crippen molar-refractivity contribution in [2.75, 3.05) is 0 Å². The Morgan fingerprint density at radius 3 is 2.50 bits per heavy atom. The molecule has 0 radical (unpaired) electrons. The molecule has 0 heterocycles. The average molecular weight is 361 g/mol. The number of phenols is 1. The Kier molecular flexibility index (Phi) is 5.45. The molecule has 1 aromatic rings. The number of rotatable bonds is 0. The number of benzene rings is 1. The van der Waals surface area contributed by atoms with E-state index in [-0.39, 0.29) is 12.9 Å². The van der Waals surface area contributed by atoms with E-state index in [4.69, 9.17) is 0 Å². The van der Waals surface area contributed by atoms with Crippen LogP contribution in [0.15, 0.2) is 18.2 Å². The van der Waals surface area contributed by atoms with Crippen molar-refractivity contribution < 1.29 is 11.6 Å². The molecule has 0 bridgehead atoms. The second kappa shape index (κ2) is 7.19.